The van der Waals surface area contributed by atoms with Crippen LogP contribution >= 0.6 is 0 Å². The van der Waals surface area contributed by atoms with Crippen LogP contribution < -0.4 is 5.32 Å². The van der Waals surface area contributed by atoms with Crippen molar-refractivity contribution in [3.05, 3.63) is 18.4 Å². The van der Waals surface area contributed by atoms with Gasteiger partial charge in [-0.15, -0.1) is 0 Å². The van der Waals surface area contributed by atoms with E-state index in [4.69, 9.17) is 4.42 Å². The molecular formula is C13H23N3O. The Kier molecular flexibility index (Phi) is 5.01. The zero-order valence-electron chi connectivity index (χ0n) is 10.7. The summed E-state index contributed by atoms with van der Waals surface area (Å²) in [4.78, 5) is 6.47. The van der Waals surface area contributed by atoms with E-state index in [0.717, 1.165) is 24.8 Å². The summed E-state index contributed by atoms with van der Waals surface area (Å²) < 4.78 is 5.16. The van der Waals surface area contributed by atoms with Crippen molar-refractivity contribution >= 4 is 0 Å². The van der Waals surface area contributed by atoms with Crippen LogP contribution in [0.2, 0.25) is 0 Å². The standard InChI is InChI=1S/C13H23N3O/c1-12-3-7-16(8-4-12)6-2-5-14-9-13-10-15-11-17-13/h10-12,14H,2-9H2,1H3. The Morgan fingerprint density at radius 1 is 1.47 bits per heavy atom. The Balaban J connectivity index is 1.49. The van der Waals surface area contributed by atoms with Gasteiger partial charge in [-0.1, -0.05) is 6.92 Å². The van der Waals surface area contributed by atoms with Gasteiger partial charge in [-0.3, -0.25) is 0 Å². The van der Waals surface area contributed by atoms with E-state index in [0.29, 0.717) is 0 Å². The first-order valence-electron chi connectivity index (χ1n) is 6.65. The minimum atomic E-state index is 0.789. The molecule has 1 N–H and O–H groups in total. The molecule has 0 amide bonds. The van der Waals surface area contributed by atoms with Crippen molar-refractivity contribution < 1.29 is 4.42 Å². The average molecular weight is 237 g/mol. The third-order valence-corrected chi connectivity index (χ3v) is 3.49. The van der Waals surface area contributed by atoms with Crippen molar-refractivity contribution in [1.82, 2.24) is 15.2 Å². The molecule has 0 saturated carbocycles. The molecule has 1 aliphatic rings. The molecule has 4 nitrogen and oxygen atoms in total. The summed E-state index contributed by atoms with van der Waals surface area (Å²) in [6, 6.07) is 0. The number of piperidine rings is 1. The maximum atomic E-state index is 5.16. The fourth-order valence-corrected chi connectivity index (χ4v) is 2.25. The maximum Gasteiger partial charge on any atom is 0.180 e. The summed E-state index contributed by atoms with van der Waals surface area (Å²) >= 11 is 0. The number of rotatable bonds is 6. The third-order valence-electron chi connectivity index (χ3n) is 3.49. The van der Waals surface area contributed by atoms with Crippen LogP contribution in [0.15, 0.2) is 17.0 Å². The van der Waals surface area contributed by atoms with Crippen LogP contribution in [0, 0.1) is 5.92 Å². The highest BCUT2D eigenvalue weighted by Gasteiger charge is 2.14. The van der Waals surface area contributed by atoms with Crippen LogP contribution in [0.4, 0.5) is 0 Å². The average Bonchev–Trinajstić information content (AvgIpc) is 2.84. The fraction of sp³-hybridized carbons (Fsp3) is 0.769. The number of nitrogens with one attached hydrogen (secondary N) is 1. The van der Waals surface area contributed by atoms with Crippen LogP contribution in [0.1, 0.15) is 31.9 Å². The summed E-state index contributed by atoms with van der Waals surface area (Å²) in [5.74, 6) is 1.84. The molecule has 1 aliphatic heterocycles. The zero-order valence-corrected chi connectivity index (χ0v) is 10.7. The predicted molar refractivity (Wildman–Crippen MR) is 67.7 cm³/mol. The van der Waals surface area contributed by atoms with Gasteiger partial charge in [-0.25, -0.2) is 4.98 Å². The lowest BCUT2D eigenvalue weighted by Gasteiger charge is -2.30. The SMILES string of the molecule is CC1CCN(CCCNCc2cnco2)CC1. The van der Waals surface area contributed by atoms with Gasteiger partial charge in [0.2, 0.25) is 0 Å². The Morgan fingerprint density at radius 2 is 2.29 bits per heavy atom. The van der Waals surface area contributed by atoms with E-state index in [1.165, 1.54) is 45.3 Å². The van der Waals surface area contributed by atoms with Gasteiger partial charge >= 0.3 is 0 Å². The molecule has 1 saturated heterocycles. The van der Waals surface area contributed by atoms with Gasteiger partial charge in [0.25, 0.3) is 0 Å². The number of likely N-dealkylation sites (tertiary alicyclic amines) is 1. The Labute approximate surface area is 103 Å². The molecule has 1 aromatic rings. The number of hydrogen-bond acceptors (Lipinski definition) is 4. The molecule has 17 heavy (non-hydrogen) atoms. The minimum absolute atomic E-state index is 0.789. The Hall–Kier alpha value is -0.870. The monoisotopic (exact) mass is 237 g/mol. The van der Waals surface area contributed by atoms with Crippen molar-refractivity contribution in [1.29, 1.82) is 0 Å². The molecule has 2 heterocycles. The molecule has 0 bridgehead atoms. The van der Waals surface area contributed by atoms with Gasteiger partial charge in [-0.05, 0) is 51.4 Å². The van der Waals surface area contributed by atoms with Crippen molar-refractivity contribution in [2.45, 2.75) is 32.7 Å². The van der Waals surface area contributed by atoms with Crippen molar-refractivity contribution in [3.8, 4) is 0 Å². The second-order valence-corrected chi connectivity index (χ2v) is 5.02. The van der Waals surface area contributed by atoms with Crippen LogP contribution in [0.5, 0.6) is 0 Å². The zero-order chi connectivity index (χ0) is 11.9. The molecule has 1 aromatic heterocycles. The lowest BCUT2D eigenvalue weighted by atomic mass is 9.99. The van der Waals surface area contributed by atoms with Crippen LogP contribution in [0.25, 0.3) is 0 Å². The first-order chi connectivity index (χ1) is 8.34. The summed E-state index contributed by atoms with van der Waals surface area (Å²) in [5.41, 5.74) is 0. The second kappa shape index (κ2) is 6.77. The van der Waals surface area contributed by atoms with Crippen molar-refractivity contribution in [3.63, 3.8) is 0 Å². The summed E-state index contributed by atoms with van der Waals surface area (Å²) in [6.45, 7) is 7.97. The molecule has 0 aromatic carbocycles. The van der Waals surface area contributed by atoms with Crippen molar-refractivity contribution in [2.75, 3.05) is 26.2 Å². The van der Waals surface area contributed by atoms with Gasteiger partial charge < -0.3 is 14.6 Å². The van der Waals surface area contributed by atoms with Gasteiger partial charge in [0, 0.05) is 0 Å². The normalized spacial score (nSPS) is 18.6. The quantitative estimate of drug-likeness (QED) is 0.767. The summed E-state index contributed by atoms with van der Waals surface area (Å²) in [7, 11) is 0. The van der Waals surface area contributed by atoms with Crippen LogP contribution in [-0.4, -0.2) is 36.1 Å². The van der Waals surface area contributed by atoms with Crippen LogP contribution in [0.3, 0.4) is 0 Å². The minimum Gasteiger partial charge on any atom is -0.447 e. The summed E-state index contributed by atoms with van der Waals surface area (Å²) in [5, 5.41) is 3.38. The predicted octanol–water partition coefficient (Wildman–Crippen LogP) is 1.89. The molecule has 1 fully saturated rings. The summed E-state index contributed by atoms with van der Waals surface area (Å²) in [6.07, 6.45) is 7.18. The highest BCUT2D eigenvalue weighted by molar-refractivity contribution is 4.86. The first kappa shape index (κ1) is 12.6. The van der Waals surface area contributed by atoms with E-state index in [2.05, 4.69) is 22.1 Å². The number of aromatic nitrogens is 1. The van der Waals surface area contributed by atoms with Crippen molar-refractivity contribution in [2.24, 2.45) is 5.92 Å². The third kappa shape index (κ3) is 4.48. The van der Waals surface area contributed by atoms with Gasteiger partial charge in [-0.2, -0.15) is 0 Å². The largest absolute Gasteiger partial charge is 0.447 e. The molecule has 4 heteroatoms. The molecule has 0 spiro atoms. The first-order valence-corrected chi connectivity index (χ1v) is 6.65. The van der Waals surface area contributed by atoms with E-state index < -0.39 is 0 Å². The maximum absolute atomic E-state index is 5.16. The van der Waals surface area contributed by atoms with Gasteiger partial charge in [0.15, 0.2) is 6.39 Å². The number of hydrogen-bond donors (Lipinski definition) is 1. The molecule has 0 radical (unpaired) electrons. The smallest absolute Gasteiger partial charge is 0.180 e. The fourth-order valence-electron chi connectivity index (χ4n) is 2.25. The Bertz CT molecular complexity index is 292. The number of oxazole rings is 1. The molecule has 2 rings (SSSR count). The second-order valence-electron chi connectivity index (χ2n) is 5.02. The van der Waals surface area contributed by atoms with E-state index >= 15 is 0 Å². The highest BCUT2D eigenvalue weighted by Crippen LogP contribution is 2.15. The lowest BCUT2D eigenvalue weighted by molar-refractivity contribution is 0.190. The molecule has 96 valence electrons. The molecule has 0 aliphatic carbocycles. The van der Waals surface area contributed by atoms with E-state index in [1.54, 1.807) is 6.20 Å². The topological polar surface area (TPSA) is 41.3 Å². The van der Waals surface area contributed by atoms with Gasteiger partial charge in [0.1, 0.15) is 5.76 Å². The molecule has 0 atom stereocenters. The van der Waals surface area contributed by atoms with E-state index in [9.17, 15) is 0 Å². The number of nitrogens with zero attached hydrogens (tertiary/aromatic N) is 2. The highest BCUT2D eigenvalue weighted by atomic mass is 16.3. The molecular weight excluding hydrogens is 214 g/mol. The van der Waals surface area contributed by atoms with Gasteiger partial charge in [0.05, 0.1) is 12.7 Å². The van der Waals surface area contributed by atoms with E-state index in [1.807, 2.05) is 0 Å². The lowest BCUT2D eigenvalue weighted by Crippen LogP contribution is -2.34. The van der Waals surface area contributed by atoms with E-state index in [-0.39, 0.29) is 0 Å². The Morgan fingerprint density at radius 3 is 3.00 bits per heavy atom. The van der Waals surface area contributed by atoms with Crippen LogP contribution in [-0.2, 0) is 6.54 Å². The molecule has 0 unspecified atom stereocenters.